The van der Waals surface area contributed by atoms with Crippen molar-refractivity contribution in [3.63, 3.8) is 0 Å². The molecule has 3 rings (SSSR count). The normalized spacial score (nSPS) is 10.9. The maximum atomic E-state index is 13.8. The average Bonchev–Trinajstić information content (AvgIpc) is 3.26. The molecule has 0 unspecified atom stereocenters. The van der Waals surface area contributed by atoms with Gasteiger partial charge in [-0.3, -0.25) is 0 Å². The van der Waals surface area contributed by atoms with Crippen molar-refractivity contribution in [2.24, 2.45) is 0 Å². The van der Waals surface area contributed by atoms with E-state index in [4.69, 9.17) is 4.74 Å². The lowest BCUT2D eigenvalue weighted by Gasteiger charge is -2.08. The van der Waals surface area contributed by atoms with Crippen molar-refractivity contribution in [3.8, 4) is 11.1 Å². The van der Waals surface area contributed by atoms with Crippen LogP contribution in [0.3, 0.4) is 0 Å². The molecule has 1 aromatic heterocycles. The molecule has 4 nitrogen and oxygen atoms in total. The molecule has 0 amide bonds. The molecule has 0 spiro atoms. The third kappa shape index (κ3) is 6.91. The molecule has 0 aliphatic rings. The number of carbonyl (C=O) groups excluding carboxylic acids is 1. The number of halogens is 2. The van der Waals surface area contributed by atoms with E-state index in [0.717, 1.165) is 48.3 Å². The molecular formula is C27H32F2N2O2. The number of hydrogen-bond donors (Lipinski definition) is 1. The minimum Gasteiger partial charge on any atom is -0.464 e. The van der Waals surface area contributed by atoms with Crippen molar-refractivity contribution in [2.45, 2.75) is 58.5 Å². The Hall–Kier alpha value is -3.15. The summed E-state index contributed by atoms with van der Waals surface area (Å²) in [6.45, 7) is 3.16. The SMILES string of the molecule is CCCCCCCCn1cc(-c2ccc(NCc3cc(F)ccc3F)cc2)cc1C(=O)OC. The summed E-state index contributed by atoms with van der Waals surface area (Å²) in [4.78, 5) is 12.3. The number of benzene rings is 2. The van der Waals surface area contributed by atoms with E-state index in [2.05, 4.69) is 12.2 Å². The van der Waals surface area contributed by atoms with E-state index in [-0.39, 0.29) is 18.1 Å². The van der Waals surface area contributed by atoms with Crippen molar-refractivity contribution in [3.05, 3.63) is 77.6 Å². The molecule has 0 bridgehead atoms. The smallest absolute Gasteiger partial charge is 0.354 e. The van der Waals surface area contributed by atoms with Gasteiger partial charge in [0, 0.05) is 36.1 Å². The third-order valence-corrected chi connectivity index (χ3v) is 5.75. The average molecular weight is 455 g/mol. The van der Waals surface area contributed by atoms with Crippen LogP contribution in [0, 0.1) is 11.6 Å². The van der Waals surface area contributed by atoms with Crippen LogP contribution in [0.15, 0.2) is 54.7 Å². The molecule has 0 saturated heterocycles. The zero-order valence-corrected chi connectivity index (χ0v) is 19.4. The number of hydrogen-bond acceptors (Lipinski definition) is 3. The standard InChI is InChI=1S/C27H32F2N2O2/c1-3-4-5-6-7-8-15-31-19-22(17-26(31)27(32)33-2)20-9-12-24(13-10-20)30-18-21-16-23(28)11-14-25(21)29/h9-14,16-17,19,30H,3-8,15,18H2,1-2H3. The summed E-state index contributed by atoms with van der Waals surface area (Å²) in [5.41, 5.74) is 3.51. The van der Waals surface area contributed by atoms with Crippen molar-refractivity contribution in [2.75, 3.05) is 12.4 Å². The van der Waals surface area contributed by atoms with E-state index in [1.165, 1.54) is 38.9 Å². The zero-order chi connectivity index (χ0) is 23.6. The van der Waals surface area contributed by atoms with Gasteiger partial charge >= 0.3 is 5.97 Å². The van der Waals surface area contributed by atoms with Gasteiger partial charge in [-0.1, -0.05) is 51.2 Å². The van der Waals surface area contributed by atoms with E-state index in [1.54, 1.807) is 0 Å². The van der Waals surface area contributed by atoms with Gasteiger partial charge in [0.05, 0.1) is 7.11 Å². The van der Waals surface area contributed by atoms with Gasteiger partial charge in [-0.25, -0.2) is 13.6 Å². The van der Waals surface area contributed by atoms with Crippen LogP contribution in [-0.2, 0) is 17.8 Å². The first-order chi connectivity index (χ1) is 16.0. The number of rotatable bonds is 12. The van der Waals surface area contributed by atoms with Gasteiger partial charge in [-0.15, -0.1) is 0 Å². The van der Waals surface area contributed by atoms with Gasteiger partial charge in [0.25, 0.3) is 0 Å². The van der Waals surface area contributed by atoms with E-state index >= 15 is 0 Å². The number of esters is 1. The van der Waals surface area contributed by atoms with Crippen molar-refractivity contribution in [1.82, 2.24) is 4.57 Å². The number of aromatic nitrogens is 1. The van der Waals surface area contributed by atoms with E-state index in [0.29, 0.717) is 5.69 Å². The maximum Gasteiger partial charge on any atom is 0.354 e. The Balaban J connectivity index is 1.66. The number of ether oxygens (including phenoxy) is 1. The summed E-state index contributed by atoms with van der Waals surface area (Å²) in [5, 5.41) is 3.11. The Morgan fingerprint density at radius 2 is 1.67 bits per heavy atom. The van der Waals surface area contributed by atoms with Crippen LogP contribution >= 0.6 is 0 Å². The topological polar surface area (TPSA) is 43.3 Å². The predicted molar refractivity (Wildman–Crippen MR) is 128 cm³/mol. The Kier molecular flexibility index (Phi) is 9.04. The van der Waals surface area contributed by atoms with Crippen molar-refractivity contribution < 1.29 is 18.3 Å². The van der Waals surface area contributed by atoms with Gasteiger partial charge in [0.2, 0.25) is 0 Å². The second kappa shape index (κ2) is 12.2. The van der Waals surface area contributed by atoms with Gasteiger partial charge in [0.1, 0.15) is 17.3 Å². The molecule has 2 aromatic carbocycles. The van der Waals surface area contributed by atoms with Crippen LogP contribution in [0.2, 0.25) is 0 Å². The number of nitrogens with one attached hydrogen (secondary N) is 1. The van der Waals surface area contributed by atoms with E-state index < -0.39 is 11.6 Å². The first-order valence-electron chi connectivity index (χ1n) is 11.6. The first-order valence-corrected chi connectivity index (χ1v) is 11.6. The molecule has 0 aliphatic carbocycles. The lowest BCUT2D eigenvalue weighted by molar-refractivity contribution is 0.0588. The highest BCUT2D eigenvalue weighted by molar-refractivity contribution is 5.89. The molecule has 6 heteroatoms. The summed E-state index contributed by atoms with van der Waals surface area (Å²) in [6, 6.07) is 12.9. The second-order valence-corrected chi connectivity index (χ2v) is 8.23. The fraction of sp³-hybridized carbons (Fsp3) is 0.370. The number of anilines is 1. The summed E-state index contributed by atoms with van der Waals surface area (Å²) in [7, 11) is 1.39. The second-order valence-electron chi connectivity index (χ2n) is 8.23. The van der Waals surface area contributed by atoms with E-state index in [9.17, 15) is 13.6 Å². The van der Waals surface area contributed by atoms with E-state index in [1.807, 2.05) is 41.1 Å². The zero-order valence-electron chi connectivity index (χ0n) is 19.4. The first kappa shape index (κ1) is 24.5. The summed E-state index contributed by atoms with van der Waals surface area (Å²) in [5.74, 6) is -1.25. The lowest BCUT2D eigenvalue weighted by atomic mass is 10.1. The highest BCUT2D eigenvalue weighted by Gasteiger charge is 2.15. The van der Waals surface area contributed by atoms with Crippen molar-refractivity contribution in [1.29, 1.82) is 0 Å². The summed E-state index contributed by atoms with van der Waals surface area (Å²) in [6.07, 6.45) is 9.10. The molecule has 33 heavy (non-hydrogen) atoms. The molecule has 0 radical (unpaired) electrons. The Morgan fingerprint density at radius 3 is 2.39 bits per heavy atom. The molecule has 0 fully saturated rings. The molecule has 1 N–H and O–H groups in total. The highest BCUT2D eigenvalue weighted by Crippen LogP contribution is 2.25. The van der Waals surface area contributed by atoms with Crippen LogP contribution in [0.4, 0.5) is 14.5 Å². The van der Waals surface area contributed by atoms with Gasteiger partial charge in [-0.05, 0) is 48.4 Å². The minimum absolute atomic E-state index is 0.185. The number of unbranched alkanes of at least 4 members (excludes halogenated alkanes) is 5. The minimum atomic E-state index is -0.463. The largest absolute Gasteiger partial charge is 0.464 e. The van der Waals surface area contributed by atoms with Gasteiger partial charge in [-0.2, -0.15) is 0 Å². The predicted octanol–water partition coefficient (Wildman–Crippen LogP) is 7.19. The number of methoxy groups -OCH3 is 1. The quantitative estimate of drug-likeness (QED) is 0.233. The monoisotopic (exact) mass is 454 g/mol. The fourth-order valence-electron chi connectivity index (χ4n) is 3.85. The molecule has 3 aromatic rings. The lowest BCUT2D eigenvalue weighted by Crippen LogP contribution is -2.10. The Morgan fingerprint density at radius 1 is 0.939 bits per heavy atom. The third-order valence-electron chi connectivity index (χ3n) is 5.75. The summed E-state index contributed by atoms with van der Waals surface area (Å²) < 4.78 is 34.1. The molecule has 0 saturated carbocycles. The van der Waals surface area contributed by atoms with Crippen LogP contribution in [0.1, 0.15) is 61.5 Å². The van der Waals surface area contributed by atoms with Gasteiger partial charge in [0.15, 0.2) is 0 Å². The van der Waals surface area contributed by atoms with Crippen LogP contribution in [-0.4, -0.2) is 17.6 Å². The summed E-state index contributed by atoms with van der Waals surface area (Å²) >= 11 is 0. The molecular weight excluding hydrogens is 422 g/mol. The molecule has 0 aliphatic heterocycles. The molecule has 0 atom stereocenters. The van der Waals surface area contributed by atoms with Gasteiger partial charge < -0.3 is 14.6 Å². The molecule has 176 valence electrons. The Labute approximate surface area is 194 Å². The Bertz CT molecular complexity index is 1040. The highest BCUT2D eigenvalue weighted by atomic mass is 19.1. The number of aryl methyl sites for hydroxylation is 1. The van der Waals surface area contributed by atoms with Crippen LogP contribution in [0.25, 0.3) is 11.1 Å². The van der Waals surface area contributed by atoms with Crippen LogP contribution < -0.4 is 5.32 Å². The number of nitrogens with zero attached hydrogens (tertiary/aromatic N) is 1. The molecule has 1 heterocycles. The maximum absolute atomic E-state index is 13.8. The fourth-order valence-corrected chi connectivity index (χ4v) is 3.85. The number of carbonyl (C=O) groups is 1. The van der Waals surface area contributed by atoms with Crippen molar-refractivity contribution >= 4 is 11.7 Å². The van der Waals surface area contributed by atoms with Crippen LogP contribution in [0.5, 0.6) is 0 Å².